The Balaban J connectivity index is 0. The molecular formula is Br4Gd2+2. The van der Waals surface area contributed by atoms with Crippen LogP contribution in [-0.2, 0) is 0 Å². The molecule has 2 radical (unpaired) electrons. The third kappa shape index (κ3) is 23.5. The fourth-order valence-electron chi connectivity index (χ4n) is 0. The molecule has 0 spiro atoms. The molecule has 0 N–H and O–H groups in total. The summed E-state index contributed by atoms with van der Waals surface area (Å²) in [5, 5.41) is 0. The van der Waals surface area contributed by atoms with Gasteiger partial charge in [-0.25, -0.2) is 0 Å². The van der Waals surface area contributed by atoms with Gasteiger partial charge in [0.05, 0.1) is 0 Å². The summed E-state index contributed by atoms with van der Waals surface area (Å²) in [6.45, 7) is 0. The third-order valence-electron chi connectivity index (χ3n) is 0. The van der Waals surface area contributed by atoms with Gasteiger partial charge in [-0.15, -0.1) is 0 Å². The molecule has 0 aliphatic rings. The summed E-state index contributed by atoms with van der Waals surface area (Å²) >= 11 is 0. The summed E-state index contributed by atoms with van der Waals surface area (Å²) in [7, 11) is 0. The van der Waals surface area contributed by atoms with Gasteiger partial charge in [0.15, 0.2) is 0 Å². The fourth-order valence-corrected chi connectivity index (χ4v) is 0. The van der Waals surface area contributed by atoms with Crippen LogP contribution in [0.3, 0.4) is 0 Å². The van der Waals surface area contributed by atoms with Crippen LogP contribution in [0, 0.1) is 79.9 Å². The normalized spacial score (nSPS) is 0. The van der Waals surface area contributed by atoms with Crippen LogP contribution < -0.4 is 67.9 Å². The van der Waals surface area contributed by atoms with E-state index >= 15 is 0 Å². The summed E-state index contributed by atoms with van der Waals surface area (Å²) in [6.07, 6.45) is 0. The van der Waals surface area contributed by atoms with Gasteiger partial charge in [0, 0.05) is 0 Å². The van der Waals surface area contributed by atoms with E-state index in [1.807, 2.05) is 0 Å². The van der Waals surface area contributed by atoms with Crippen molar-refractivity contribution in [1.29, 1.82) is 0 Å². The third-order valence-corrected chi connectivity index (χ3v) is 0. The molecule has 6 heteroatoms. The largest absolute Gasteiger partial charge is 3.00 e. The first-order chi connectivity index (χ1) is 0. The van der Waals surface area contributed by atoms with Crippen molar-refractivity contribution in [1.82, 2.24) is 0 Å². The first-order valence-corrected chi connectivity index (χ1v) is 0. The SMILES string of the molecule is [Br-].[Br-].[Br-].[Br-].[Gd+3].[Gd+3]. The maximum atomic E-state index is 0. The molecule has 42 valence electrons. The van der Waals surface area contributed by atoms with Crippen molar-refractivity contribution in [2.45, 2.75) is 0 Å². The van der Waals surface area contributed by atoms with Crippen LogP contribution in [0.25, 0.3) is 0 Å². The Hall–Kier alpha value is 4.57. The van der Waals surface area contributed by atoms with E-state index in [0.29, 0.717) is 0 Å². The van der Waals surface area contributed by atoms with Crippen molar-refractivity contribution >= 4 is 0 Å². The number of hydrogen-bond donors (Lipinski definition) is 0. The average molecular weight is 634 g/mol. The van der Waals surface area contributed by atoms with Gasteiger partial charge in [0.1, 0.15) is 0 Å². The fraction of sp³-hybridized carbons (Fsp3) is 0. The van der Waals surface area contributed by atoms with Gasteiger partial charge in [-0.1, -0.05) is 0 Å². The molecule has 0 aromatic rings. The topological polar surface area (TPSA) is 0 Å². The van der Waals surface area contributed by atoms with Crippen LogP contribution in [-0.4, -0.2) is 0 Å². The van der Waals surface area contributed by atoms with E-state index in [9.17, 15) is 0 Å². The van der Waals surface area contributed by atoms with E-state index in [-0.39, 0.29) is 148 Å². The van der Waals surface area contributed by atoms with Crippen molar-refractivity contribution in [2.24, 2.45) is 0 Å². The second-order valence-corrected chi connectivity index (χ2v) is 0. The van der Waals surface area contributed by atoms with Gasteiger partial charge in [-0.2, -0.15) is 0 Å². The average Bonchev–Trinajstić information content (AvgIpc) is 0. The minimum atomic E-state index is 0. The number of hydrogen-bond acceptors (Lipinski definition) is 0. The van der Waals surface area contributed by atoms with E-state index < -0.39 is 0 Å². The Bertz CT molecular complexity index is 5.51. The smallest absolute Gasteiger partial charge is 1.00 e. The molecule has 0 aromatic carbocycles. The van der Waals surface area contributed by atoms with Gasteiger partial charge in [0.25, 0.3) is 0 Å². The molecule has 0 saturated heterocycles. The van der Waals surface area contributed by atoms with Gasteiger partial charge in [0.2, 0.25) is 0 Å². The van der Waals surface area contributed by atoms with E-state index in [1.54, 1.807) is 0 Å². The van der Waals surface area contributed by atoms with Gasteiger partial charge in [-0.05, 0) is 0 Å². The van der Waals surface area contributed by atoms with Gasteiger partial charge in [-0.3, -0.25) is 0 Å². The Morgan fingerprint density at radius 3 is 0.333 bits per heavy atom. The molecule has 0 rings (SSSR count). The van der Waals surface area contributed by atoms with Gasteiger partial charge >= 0.3 is 79.9 Å². The first kappa shape index (κ1) is 46.4. The van der Waals surface area contributed by atoms with E-state index in [0.717, 1.165) is 0 Å². The van der Waals surface area contributed by atoms with Crippen LogP contribution in [0.15, 0.2) is 0 Å². The van der Waals surface area contributed by atoms with Crippen LogP contribution >= 0.6 is 0 Å². The van der Waals surface area contributed by atoms with Crippen LogP contribution in [0.4, 0.5) is 0 Å². The molecule has 0 aliphatic heterocycles. The second-order valence-electron chi connectivity index (χ2n) is 0. The molecular weight excluding hydrogens is 634 g/mol. The summed E-state index contributed by atoms with van der Waals surface area (Å²) in [5.74, 6) is 0. The van der Waals surface area contributed by atoms with E-state index in [4.69, 9.17) is 0 Å². The van der Waals surface area contributed by atoms with Crippen molar-refractivity contribution in [3.8, 4) is 0 Å². The van der Waals surface area contributed by atoms with Crippen molar-refractivity contribution in [3.05, 3.63) is 0 Å². The molecule has 0 nitrogen and oxygen atoms in total. The molecule has 0 atom stereocenters. The summed E-state index contributed by atoms with van der Waals surface area (Å²) in [6, 6.07) is 0. The van der Waals surface area contributed by atoms with Gasteiger partial charge < -0.3 is 67.9 Å². The van der Waals surface area contributed by atoms with Crippen molar-refractivity contribution in [2.75, 3.05) is 0 Å². The number of halogens is 4. The minimum Gasteiger partial charge on any atom is -1.00 e. The molecule has 0 saturated carbocycles. The summed E-state index contributed by atoms with van der Waals surface area (Å²) in [5.41, 5.74) is 0. The van der Waals surface area contributed by atoms with Crippen LogP contribution in [0.1, 0.15) is 0 Å². The zero-order valence-electron chi connectivity index (χ0n) is 2.22. The molecule has 0 fully saturated rings. The summed E-state index contributed by atoms with van der Waals surface area (Å²) in [4.78, 5) is 0. The maximum absolute atomic E-state index is 0. The maximum Gasteiger partial charge on any atom is 3.00 e. The monoisotopic (exact) mass is 632 g/mol. The first-order valence-electron chi connectivity index (χ1n) is 0. The Kier molecular flexibility index (Phi) is 260. The predicted molar refractivity (Wildman–Crippen MR) is 0 cm³/mol. The molecule has 0 unspecified atom stereocenters. The zero-order valence-corrected chi connectivity index (χ0v) is 13.1. The molecule has 0 aliphatic carbocycles. The quantitative estimate of drug-likeness (QED) is 0.249. The molecule has 6 heavy (non-hydrogen) atoms. The zero-order chi connectivity index (χ0) is 0. The summed E-state index contributed by atoms with van der Waals surface area (Å²) < 4.78 is 0. The second kappa shape index (κ2) is 33.7. The predicted octanol–water partition coefficient (Wildman–Crippen LogP) is -12.0. The van der Waals surface area contributed by atoms with Crippen LogP contribution in [0.2, 0.25) is 0 Å². The Labute approximate surface area is 144 Å². The molecule has 0 aromatic heterocycles. The number of rotatable bonds is 0. The van der Waals surface area contributed by atoms with Crippen LogP contribution in [0.5, 0.6) is 0 Å². The standard InChI is InChI=1S/4BrH.2Gd/h4*1H;;/q;;;;2*+3/p-4. The molecule has 0 amide bonds. The minimum absolute atomic E-state index is 0. The van der Waals surface area contributed by atoms with E-state index in [1.165, 1.54) is 0 Å². The van der Waals surface area contributed by atoms with E-state index in [2.05, 4.69) is 0 Å². The van der Waals surface area contributed by atoms with Crippen molar-refractivity contribution < 1.29 is 148 Å². The Morgan fingerprint density at radius 2 is 0.333 bits per heavy atom. The Morgan fingerprint density at radius 1 is 0.333 bits per heavy atom. The molecule has 0 bridgehead atoms. The van der Waals surface area contributed by atoms with Crippen molar-refractivity contribution in [3.63, 3.8) is 0 Å². The molecule has 0 heterocycles.